The van der Waals surface area contributed by atoms with Crippen molar-refractivity contribution in [2.24, 2.45) is 0 Å². The Kier molecular flexibility index (Phi) is 7.67. The van der Waals surface area contributed by atoms with Crippen molar-refractivity contribution in [3.8, 4) is 0 Å². The molecular formula is C24H30ClFN4O4. The van der Waals surface area contributed by atoms with Crippen LogP contribution in [0.1, 0.15) is 49.2 Å². The van der Waals surface area contributed by atoms with E-state index in [-0.39, 0.29) is 22.4 Å². The second-order valence-electron chi connectivity index (χ2n) is 9.55. The Labute approximate surface area is 203 Å². The summed E-state index contributed by atoms with van der Waals surface area (Å²) in [7, 11) is 0. The van der Waals surface area contributed by atoms with Crippen LogP contribution in [0.4, 0.5) is 14.9 Å². The average Bonchev–Trinajstić information content (AvgIpc) is 2.69. The van der Waals surface area contributed by atoms with Crippen LogP contribution in [0.5, 0.6) is 0 Å². The monoisotopic (exact) mass is 492 g/mol. The van der Waals surface area contributed by atoms with E-state index >= 15 is 0 Å². The van der Waals surface area contributed by atoms with Gasteiger partial charge < -0.3 is 20.2 Å². The molecule has 0 saturated carbocycles. The highest BCUT2D eigenvalue weighted by molar-refractivity contribution is 6.31. The van der Waals surface area contributed by atoms with Crippen LogP contribution in [0.2, 0.25) is 5.02 Å². The van der Waals surface area contributed by atoms with Crippen molar-refractivity contribution in [3.05, 3.63) is 63.3 Å². The first-order valence-corrected chi connectivity index (χ1v) is 11.4. The highest BCUT2D eigenvalue weighted by Crippen LogP contribution is 2.27. The zero-order valence-electron chi connectivity index (χ0n) is 20.0. The van der Waals surface area contributed by atoms with Gasteiger partial charge in [0.25, 0.3) is 5.91 Å². The molecule has 1 aromatic heterocycles. The molecule has 1 aromatic carbocycles. The van der Waals surface area contributed by atoms with Crippen LogP contribution in [0.3, 0.4) is 0 Å². The van der Waals surface area contributed by atoms with Crippen LogP contribution in [0.25, 0.3) is 0 Å². The SMILES string of the molecule is Cc1c(CN2CCN(C(=O)OC(C)(C)C)C(C)C2)cc(Cl)cc1NC(=O)c1cc(F)c[n+]([O-])c1. The molecule has 184 valence electrons. The fraction of sp³-hybridized carbons (Fsp3) is 0.458. The van der Waals surface area contributed by atoms with Gasteiger partial charge in [0, 0.05) is 42.9 Å². The Hall–Kier alpha value is -2.91. The zero-order valence-corrected chi connectivity index (χ0v) is 20.8. The van der Waals surface area contributed by atoms with Crippen LogP contribution in [0, 0.1) is 17.9 Å². The summed E-state index contributed by atoms with van der Waals surface area (Å²) in [5.74, 6) is -1.41. The summed E-state index contributed by atoms with van der Waals surface area (Å²) < 4.78 is 19.3. The minimum atomic E-state index is -0.800. The van der Waals surface area contributed by atoms with E-state index in [1.807, 2.05) is 40.7 Å². The first-order chi connectivity index (χ1) is 15.8. The normalized spacial score (nSPS) is 16.9. The number of halogens is 2. The Balaban J connectivity index is 1.70. The molecule has 1 fully saturated rings. The van der Waals surface area contributed by atoms with Crippen molar-refractivity contribution < 1.29 is 23.4 Å². The number of aromatic nitrogens is 1. The fourth-order valence-electron chi connectivity index (χ4n) is 3.88. The van der Waals surface area contributed by atoms with Gasteiger partial charge in [0.15, 0.2) is 12.0 Å². The minimum Gasteiger partial charge on any atom is -0.619 e. The molecule has 0 radical (unpaired) electrons. The number of pyridine rings is 1. The molecule has 0 bridgehead atoms. The largest absolute Gasteiger partial charge is 0.619 e. The lowest BCUT2D eigenvalue weighted by atomic mass is 10.0. The summed E-state index contributed by atoms with van der Waals surface area (Å²) in [6, 6.07) is 4.42. The Morgan fingerprint density at radius 2 is 1.97 bits per heavy atom. The van der Waals surface area contributed by atoms with Crippen molar-refractivity contribution in [1.29, 1.82) is 0 Å². The number of carbonyl (C=O) groups excluding carboxylic acids is 2. The standard InChI is InChI=1S/C24H30ClFN4O4/c1-15-11-28(6-7-30(15)23(32)34-24(3,4)5)12-17-8-19(25)10-21(16(17)2)27-22(31)18-9-20(26)14-29(33)13-18/h8-10,13-15H,6-7,11-12H2,1-5H3,(H,27,31). The number of piperazine rings is 1. The van der Waals surface area contributed by atoms with Gasteiger partial charge in [0.05, 0.1) is 0 Å². The number of anilines is 1. The predicted molar refractivity (Wildman–Crippen MR) is 127 cm³/mol. The van der Waals surface area contributed by atoms with Crippen molar-refractivity contribution >= 4 is 29.3 Å². The predicted octanol–water partition coefficient (Wildman–Crippen LogP) is 4.11. The van der Waals surface area contributed by atoms with E-state index in [9.17, 15) is 19.2 Å². The topological polar surface area (TPSA) is 88.8 Å². The maximum absolute atomic E-state index is 13.5. The molecule has 1 aliphatic rings. The third kappa shape index (κ3) is 6.57. The Morgan fingerprint density at radius 1 is 1.26 bits per heavy atom. The smallest absolute Gasteiger partial charge is 0.410 e. The quantitative estimate of drug-likeness (QED) is 0.512. The summed E-state index contributed by atoms with van der Waals surface area (Å²) in [4.78, 5) is 29.0. The maximum atomic E-state index is 13.5. The molecule has 10 heteroatoms. The van der Waals surface area contributed by atoms with Gasteiger partial charge in [-0.3, -0.25) is 9.69 Å². The number of ether oxygens (including phenoxy) is 1. The molecule has 1 aliphatic heterocycles. The lowest BCUT2D eigenvalue weighted by Crippen LogP contribution is -2.54. The molecule has 2 aromatic rings. The first-order valence-electron chi connectivity index (χ1n) is 11.0. The molecule has 1 unspecified atom stereocenters. The molecule has 0 spiro atoms. The van der Waals surface area contributed by atoms with Gasteiger partial charge in [-0.15, -0.1) is 0 Å². The van der Waals surface area contributed by atoms with Gasteiger partial charge in [0.2, 0.25) is 6.20 Å². The Morgan fingerprint density at radius 3 is 2.59 bits per heavy atom. The van der Waals surface area contributed by atoms with Gasteiger partial charge in [-0.2, -0.15) is 4.73 Å². The maximum Gasteiger partial charge on any atom is 0.410 e. The molecule has 2 amide bonds. The summed E-state index contributed by atoms with van der Waals surface area (Å²) in [6.07, 6.45) is 1.42. The minimum absolute atomic E-state index is 0.0333. The number of carbonyl (C=O) groups is 2. The molecule has 34 heavy (non-hydrogen) atoms. The highest BCUT2D eigenvalue weighted by atomic mass is 35.5. The van der Waals surface area contributed by atoms with Gasteiger partial charge in [0.1, 0.15) is 11.2 Å². The van der Waals surface area contributed by atoms with Gasteiger partial charge >= 0.3 is 6.09 Å². The second-order valence-corrected chi connectivity index (χ2v) is 9.99. The van der Waals surface area contributed by atoms with Crippen molar-refractivity contribution in [2.45, 2.75) is 52.8 Å². The molecule has 1 N–H and O–H groups in total. The average molecular weight is 493 g/mol. The lowest BCUT2D eigenvalue weighted by molar-refractivity contribution is -0.607. The van der Waals surface area contributed by atoms with Gasteiger partial charge in [-0.1, -0.05) is 11.6 Å². The third-order valence-electron chi connectivity index (χ3n) is 5.53. The van der Waals surface area contributed by atoms with E-state index in [0.29, 0.717) is 36.9 Å². The van der Waals surface area contributed by atoms with E-state index in [2.05, 4.69) is 10.2 Å². The van der Waals surface area contributed by atoms with E-state index in [0.717, 1.165) is 29.6 Å². The van der Waals surface area contributed by atoms with Crippen LogP contribution in [0.15, 0.2) is 30.6 Å². The van der Waals surface area contributed by atoms with E-state index < -0.39 is 17.3 Å². The molecule has 8 nitrogen and oxygen atoms in total. The van der Waals surface area contributed by atoms with Crippen molar-refractivity contribution in [1.82, 2.24) is 9.80 Å². The second kappa shape index (κ2) is 10.1. The summed E-state index contributed by atoms with van der Waals surface area (Å²) >= 11 is 6.32. The molecule has 0 aliphatic carbocycles. The van der Waals surface area contributed by atoms with E-state index in [1.165, 1.54) is 0 Å². The van der Waals surface area contributed by atoms with Crippen molar-refractivity contribution in [3.63, 3.8) is 0 Å². The number of benzene rings is 1. The highest BCUT2D eigenvalue weighted by Gasteiger charge is 2.31. The van der Waals surface area contributed by atoms with Crippen molar-refractivity contribution in [2.75, 3.05) is 25.0 Å². The zero-order chi connectivity index (χ0) is 25.2. The van der Waals surface area contributed by atoms with E-state index in [1.54, 1.807) is 11.0 Å². The molecule has 1 saturated heterocycles. The van der Waals surface area contributed by atoms with Crippen LogP contribution >= 0.6 is 11.6 Å². The van der Waals surface area contributed by atoms with Gasteiger partial charge in [-0.25, -0.2) is 9.18 Å². The molecular weight excluding hydrogens is 463 g/mol. The number of nitrogens with zero attached hydrogens (tertiary/aromatic N) is 3. The number of hydrogen-bond acceptors (Lipinski definition) is 5. The van der Waals surface area contributed by atoms with Crippen LogP contribution in [-0.2, 0) is 11.3 Å². The molecule has 3 rings (SSSR count). The molecule has 2 heterocycles. The number of amides is 2. The molecule has 1 atom stereocenters. The van der Waals surface area contributed by atoms with Gasteiger partial charge in [-0.05, 0) is 63.9 Å². The lowest BCUT2D eigenvalue weighted by Gasteiger charge is -2.40. The third-order valence-corrected chi connectivity index (χ3v) is 5.75. The van der Waals surface area contributed by atoms with Crippen LogP contribution < -0.4 is 10.0 Å². The number of hydrogen-bond donors (Lipinski definition) is 1. The summed E-state index contributed by atoms with van der Waals surface area (Å²) in [6.45, 7) is 11.8. The first kappa shape index (κ1) is 25.7. The van der Waals surface area contributed by atoms with E-state index in [4.69, 9.17) is 16.3 Å². The number of nitrogens with one attached hydrogen (secondary N) is 1. The summed E-state index contributed by atoms with van der Waals surface area (Å²) in [5.41, 5.74) is 1.56. The van der Waals surface area contributed by atoms with Crippen LogP contribution in [-0.4, -0.2) is 53.1 Å². The Bertz CT molecular complexity index is 1070. The summed E-state index contributed by atoms with van der Waals surface area (Å²) in [5, 5.41) is 14.6. The fourth-order valence-corrected chi connectivity index (χ4v) is 4.12. The number of rotatable bonds is 4.